The zero-order valence-electron chi connectivity index (χ0n) is 19.1. The molecule has 4 aromatic rings. The Kier molecular flexibility index (Phi) is 6.36. The molecule has 0 unspecified atom stereocenters. The van der Waals surface area contributed by atoms with Gasteiger partial charge in [-0.15, -0.1) is 0 Å². The van der Waals surface area contributed by atoms with Crippen molar-refractivity contribution in [1.82, 2.24) is 19.6 Å². The van der Waals surface area contributed by atoms with Crippen LogP contribution in [0.2, 0.25) is 0 Å². The predicted molar refractivity (Wildman–Crippen MR) is 129 cm³/mol. The second-order valence-electron chi connectivity index (χ2n) is 8.91. The van der Waals surface area contributed by atoms with Crippen molar-refractivity contribution in [1.29, 1.82) is 0 Å². The molecule has 2 aromatic carbocycles. The number of nitrogens with zero attached hydrogens (tertiary/aromatic N) is 3. The molecule has 1 aliphatic rings. The smallest absolute Gasteiger partial charge is 0.274 e. The summed E-state index contributed by atoms with van der Waals surface area (Å²) in [5.74, 6) is 1.00. The van der Waals surface area contributed by atoms with Crippen LogP contribution in [0.4, 0.5) is 0 Å². The molecule has 2 heterocycles. The number of benzene rings is 2. The summed E-state index contributed by atoms with van der Waals surface area (Å²) in [6.45, 7) is 0.107. The van der Waals surface area contributed by atoms with Crippen molar-refractivity contribution in [2.75, 3.05) is 0 Å². The fraction of sp³-hybridized carbons (Fsp3) is 0.333. The van der Waals surface area contributed by atoms with E-state index in [0.29, 0.717) is 37.2 Å². The summed E-state index contributed by atoms with van der Waals surface area (Å²) in [6, 6.07) is 21.1. The standard InChI is InChI=1S/C27H28N4O3/c32-23(15-14-20-10-4-1-5-11-20)27(16-8-3-9-17-27)34-19-22-18-24(33)31-26(28-22)29-25(30-31)21-12-6-2-7-13-21/h1-2,4-7,10-13,18H,3,8-9,14-17,19H2,(H,28,29,30). The SMILES string of the molecule is O=C(CCc1ccccc1)C1(OCc2cc(=O)n3[nH]c(-c4ccccc4)nc3n2)CCCCC1. The van der Waals surface area contributed by atoms with Crippen molar-refractivity contribution in [3.63, 3.8) is 0 Å². The lowest BCUT2D eigenvalue weighted by atomic mass is 9.79. The van der Waals surface area contributed by atoms with Crippen molar-refractivity contribution < 1.29 is 9.53 Å². The molecule has 1 aliphatic carbocycles. The normalized spacial score (nSPS) is 15.4. The molecule has 1 fully saturated rings. The summed E-state index contributed by atoms with van der Waals surface area (Å²) < 4.78 is 7.63. The molecule has 2 aromatic heterocycles. The molecular weight excluding hydrogens is 428 g/mol. The van der Waals surface area contributed by atoms with E-state index in [0.717, 1.165) is 30.4 Å². The van der Waals surface area contributed by atoms with Gasteiger partial charge in [-0.1, -0.05) is 79.9 Å². The number of carbonyl (C=O) groups excluding carboxylic acids is 1. The molecule has 7 nitrogen and oxygen atoms in total. The van der Waals surface area contributed by atoms with E-state index in [1.165, 1.54) is 10.6 Å². The first-order valence-electron chi connectivity index (χ1n) is 11.9. The first kappa shape index (κ1) is 22.2. The fourth-order valence-electron chi connectivity index (χ4n) is 4.70. The van der Waals surface area contributed by atoms with Gasteiger partial charge in [-0.05, 0) is 24.8 Å². The molecule has 7 heteroatoms. The van der Waals surface area contributed by atoms with E-state index in [1.807, 2.05) is 60.7 Å². The van der Waals surface area contributed by atoms with E-state index < -0.39 is 5.60 Å². The highest BCUT2D eigenvalue weighted by molar-refractivity contribution is 5.87. The Morgan fingerprint density at radius 2 is 1.68 bits per heavy atom. The van der Waals surface area contributed by atoms with Crippen molar-refractivity contribution in [2.45, 2.75) is 57.2 Å². The Bertz CT molecular complexity index is 1320. The number of rotatable bonds is 8. The number of aromatic nitrogens is 4. The van der Waals surface area contributed by atoms with Crippen LogP contribution in [0, 0.1) is 0 Å². The van der Waals surface area contributed by atoms with Crippen LogP contribution in [0.25, 0.3) is 17.2 Å². The molecule has 34 heavy (non-hydrogen) atoms. The van der Waals surface area contributed by atoms with Crippen LogP contribution in [-0.4, -0.2) is 31.0 Å². The molecule has 0 aliphatic heterocycles. The Morgan fingerprint density at radius 3 is 2.41 bits per heavy atom. The second kappa shape index (κ2) is 9.73. The van der Waals surface area contributed by atoms with Gasteiger partial charge in [0.15, 0.2) is 11.6 Å². The van der Waals surface area contributed by atoms with Crippen LogP contribution in [0.3, 0.4) is 0 Å². The number of H-pyrrole nitrogens is 1. The molecule has 5 rings (SSSR count). The van der Waals surface area contributed by atoms with Gasteiger partial charge in [-0.2, -0.15) is 9.50 Å². The number of aromatic amines is 1. The van der Waals surface area contributed by atoms with E-state index in [2.05, 4.69) is 15.1 Å². The van der Waals surface area contributed by atoms with Gasteiger partial charge < -0.3 is 4.74 Å². The first-order chi connectivity index (χ1) is 16.6. The topological polar surface area (TPSA) is 89.4 Å². The van der Waals surface area contributed by atoms with Crippen LogP contribution in [0.15, 0.2) is 71.5 Å². The Balaban J connectivity index is 1.34. The third kappa shape index (κ3) is 4.70. The lowest BCUT2D eigenvalue weighted by molar-refractivity contribution is -0.152. The summed E-state index contributed by atoms with van der Waals surface area (Å²) in [7, 11) is 0. The summed E-state index contributed by atoms with van der Waals surface area (Å²) in [5.41, 5.74) is 1.44. The van der Waals surface area contributed by atoms with Gasteiger partial charge in [0.1, 0.15) is 5.60 Å². The third-order valence-corrected chi connectivity index (χ3v) is 6.58. The zero-order valence-corrected chi connectivity index (χ0v) is 19.1. The monoisotopic (exact) mass is 456 g/mol. The maximum absolute atomic E-state index is 13.3. The summed E-state index contributed by atoms with van der Waals surface area (Å²) in [6.07, 6.45) is 5.60. The highest BCUT2D eigenvalue weighted by atomic mass is 16.5. The highest BCUT2D eigenvalue weighted by Gasteiger charge is 2.39. The molecule has 0 spiro atoms. The van der Waals surface area contributed by atoms with Gasteiger partial charge in [0.2, 0.25) is 0 Å². The quantitative estimate of drug-likeness (QED) is 0.421. The minimum Gasteiger partial charge on any atom is -0.361 e. The largest absolute Gasteiger partial charge is 0.361 e. The number of carbonyl (C=O) groups is 1. The Morgan fingerprint density at radius 1 is 0.971 bits per heavy atom. The van der Waals surface area contributed by atoms with E-state index in [4.69, 9.17) is 4.74 Å². The molecule has 0 radical (unpaired) electrons. The van der Waals surface area contributed by atoms with Gasteiger partial charge in [0.05, 0.1) is 12.3 Å². The number of ketones is 1. The van der Waals surface area contributed by atoms with Gasteiger partial charge in [0.25, 0.3) is 11.3 Å². The minimum absolute atomic E-state index is 0.107. The average Bonchev–Trinajstić information content (AvgIpc) is 3.33. The number of aryl methyl sites for hydroxylation is 1. The van der Waals surface area contributed by atoms with Crippen LogP contribution in [-0.2, 0) is 22.6 Å². The van der Waals surface area contributed by atoms with Crippen molar-refractivity contribution in [2.24, 2.45) is 0 Å². The molecule has 0 amide bonds. The number of nitrogens with one attached hydrogen (secondary N) is 1. The molecule has 174 valence electrons. The molecule has 1 saturated carbocycles. The first-order valence-corrected chi connectivity index (χ1v) is 11.9. The number of fused-ring (bicyclic) bond motifs is 1. The third-order valence-electron chi connectivity index (χ3n) is 6.58. The van der Waals surface area contributed by atoms with E-state index in [1.54, 1.807) is 0 Å². The zero-order chi connectivity index (χ0) is 23.4. The summed E-state index contributed by atoms with van der Waals surface area (Å²) in [5, 5.41) is 3.01. The molecule has 0 saturated heterocycles. The number of hydrogen-bond donors (Lipinski definition) is 1. The molecule has 0 bridgehead atoms. The van der Waals surface area contributed by atoms with E-state index in [-0.39, 0.29) is 23.7 Å². The van der Waals surface area contributed by atoms with E-state index in [9.17, 15) is 9.59 Å². The van der Waals surface area contributed by atoms with Crippen LogP contribution < -0.4 is 5.56 Å². The predicted octanol–water partition coefficient (Wildman–Crippen LogP) is 4.51. The average molecular weight is 457 g/mol. The molecule has 1 N–H and O–H groups in total. The maximum atomic E-state index is 13.3. The van der Waals surface area contributed by atoms with Crippen LogP contribution in [0.5, 0.6) is 0 Å². The number of ether oxygens (including phenoxy) is 1. The lowest BCUT2D eigenvalue weighted by Crippen LogP contribution is -2.43. The second-order valence-corrected chi connectivity index (χ2v) is 8.91. The van der Waals surface area contributed by atoms with E-state index >= 15 is 0 Å². The van der Waals surface area contributed by atoms with Crippen molar-refractivity contribution >= 4 is 11.6 Å². The van der Waals surface area contributed by atoms with Gasteiger partial charge in [-0.25, -0.2) is 4.98 Å². The summed E-state index contributed by atoms with van der Waals surface area (Å²) >= 11 is 0. The molecular formula is C27H28N4O3. The van der Waals surface area contributed by atoms with Crippen molar-refractivity contribution in [3.8, 4) is 11.4 Å². The van der Waals surface area contributed by atoms with Crippen LogP contribution in [0.1, 0.15) is 49.8 Å². The van der Waals surface area contributed by atoms with Gasteiger partial charge in [-0.3, -0.25) is 14.7 Å². The maximum Gasteiger partial charge on any atom is 0.274 e. The Labute approximate surface area is 197 Å². The lowest BCUT2D eigenvalue weighted by Gasteiger charge is -2.36. The molecule has 0 atom stereocenters. The van der Waals surface area contributed by atoms with Crippen molar-refractivity contribution in [3.05, 3.63) is 88.3 Å². The number of hydrogen-bond acceptors (Lipinski definition) is 5. The number of Topliss-reactive ketones (excluding diaryl/α,β-unsaturated/α-hetero) is 1. The Hall–Kier alpha value is -3.58. The van der Waals surface area contributed by atoms with Crippen LogP contribution >= 0.6 is 0 Å². The fourth-order valence-corrected chi connectivity index (χ4v) is 4.70. The highest BCUT2D eigenvalue weighted by Crippen LogP contribution is 2.34. The minimum atomic E-state index is -0.805. The van der Waals surface area contributed by atoms with Gasteiger partial charge in [0, 0.05) is 18.1 Å². The summed E-state index contributed by atoms with van der Waals surface area (Å²) in [4.78, 5) is 35.0. The van der Waals surface area contributed by atoms with Gasteiger partial charge >= 0.3 is 0 Å².